The number of nitrogens with one attached hydrogen (secondary N) is 1. The molecule has 1 saturated heterocycles. The number of halogens is 1. The number of fused-ring (bicyclic) bond motifs is 1. The fourth-order valence-electron chi connectivity index (χ4n) is 3.59. The van der Waals surface area contributed by atoms with E-state index in [1.807, 2.05) is 24.3 Å². The third-order valence-corrected chi connectivity index (χ3v) is 5.43. The van der Waals surface area contributed by atoms with Gasteiger partial charge in [-0.25, -0.2) is 17.5 Å². The van der Waals surface area contributed by atoms with E-state index in [1.165, 1.54) is 6.26 Å². The zero-order chi connectivity index (χ0) is 16.5. The quantitative estimate of drug-likeness (QED) is 0.907. The third kappa shape index (κ3) is 3.84. The molecule has 23 heavy (non-hydrogen) atoms. The average Bonchev–Trinajstić information content (AvgIpc) is 2.49. The molecule has 0 unspecified atom stereocenters. The van der Waals surface area contributed by atoms with E-state index in [1.54, 1.807) is 0 Å². The first-order chi connectivity index (χ1) is 10.9. The molecule has 1 aromatic rings. The van der Waals surface area contributed by atoms with Gasteiger partial charge in [-0.1, -0.05) is 18.2 Å². The lowest BCUT2D eigenvalue weighted by Crippen LogP contribution is -2.52. The van der Waals surface area contributed by atoms with Crippen LogP contribution in [0.4, 0.5) is 4.39 Å². The topological polar surface area (TPSA) is 58.6 Å². The predicted octanol–water partition coefficient (Wildman–Crippen LogP) is 1.86. The van der Waals surface area contributed by atoms with Gasteiger partial charge in [-0.05, 0) is 18.9 Å². The zero-order valence-electron chi connectivity index (χ0n) is 13.3. The van der Waals surface area contributed by atoms with Crippen molar-refractivity contribution in [2.24, 2.45) is 0 Å². The maximum atomic E-state index is 12.5. The van der Waals surface area contributed by atoms with E-state index in [2.05, 4.69) is 9.62 Å². The van der Waals surface area contributed by atoms with Gasteiger partial charge < -0.3 is 9.64 Å². The highest BCUT2D eigenvalue weighted by molar-refractivity contribution is 7.88. The number of piperidine rings is 1. The van der Waals surface area contributed by atoms with Crippen LogP contribution in [-0.4, -0.2) is 51.5 Å². The molecule has 7 heteroatoms. The fraction of sp³-hybridized carbons (Fsp3) is 0.625. The summed E-state index contributed by atoms with van der Waals surface area (Å²) in [5.41, 5.74) is 0.513. The van der Waals surface area contributed by atoms with E-state index < -0.39 is 10.0 Å². The van der Waals surface area contributed by atoms with Crippen molar-refractivity contribution in [3.63, 3.8) is 0 Å². The number of hydrogen-bond acceptors (Lipinski definition) is 4. The van der Waals surface area contributed by atoms with Crippen molar-refractivity contribution in [3.05, 3.63) is 29.8 Å². The molecule has 1 N–H and O–H groups in total. The molecule has 2 aliphatic rings. The Morgan fingerprint density at radius 1 is 1.35 bits per heavy atom. The largest absolute Gasteiger partial charge is 0.487 e. The van der Waals surface area contributed by atoms with Gasteiger partial charge in [0, 0.05) is 31.6 Å². The van der Waals surface area contributed by atoms with Crippen molar-refractivity contribution in [2.75, 3.05) is 32.6 Å². The van der Waals surface area contributed by atoms with Crippen LogP contribution in [-0.2, 0) is 10.0 Å². The van der Waals surface area contributed by atoms with Crippen LogP contribution in [0.5, 0.6) is 5.75 Å². The number of rotatable bonds is 4. The summed E-state index contributed by atoms with van der Waals surface area (Å²) >= 11 is 0. The number of sulfonamides is 1. The van der Waals surface area contributed by atoms with Crippen molar-refractivity contribution in [1.82, 2.24) is 9.62 Å². The normalized spacial score (nSPS) is 24.2. The second kappa shape index (κ2) is 6.37. The molecule has 2 aliphatic heterocycles. The van der Waals surface area contributed by atoms with Crippen LogP contribution in [0.2, 0.25) is 0 Å². The maximum Gasteiger partial charge on any atom is 0.209 e. The minimum atomic E-state index is -3.31. The number of para-hydroxylation sites is 1. The van der Waals surface area contributed by atoms with Crippen LogP contribution in [0.15, 0.2) is 24.3 Å². The smallest absolute Gasteiger partial charge is 0.209 e. The summed E-state index contributed by atoms with van der Waals surface area (Å²) in [5, 5.41) is 0. The molecule has 0 radical (unpaired) electrons. The van der Waals surface area contributed by atoms with Crippen molar-refractivity contribution >= 4 is 10.0 Å². The van der Waals surface area contributed by atoms with E-state index in [0.717, 1.165) is 37.2 Å². The van der Waals surface area contributed by atoms with Crippen LogP contribution in [0.25, 0.3) is 0 Å². The molecule has 1 fully saturated rings. The Bertz CT molecular complexity index is 657. The standard InChI is InChI=1S/C16H23FN2O3S/c1-23(20,21)18-14-12-16(6-9-19(10-7-16)11-8-17)22-15-5-3-2-4-13(14)15/h2-5,14,18H,6-12H2,1H3/t14-/m0/s1. The molecule has 1 spiro atoms. The SMILES string of the molecule is CS(=O)(=O)N[C@H]1CC2(CCN(CCF)CC2)Oc2ccccc21. The van der Waals surface area contributed by atoms with Gasteiger partial charge in [-0.2, -0.15) is 0 Å². The first-order valence-corrected chi connectivity index (χ1v) is 9.83. The number of alkyl halides is 1. The molecule has 0 bridgehead atoms. The van der Waals surface area contributed by atoms with E-state index in [0.29, 0.717) is 13.0 Å². The van der Waals surface area contributed by atoms with Gasteiger partial charge in [0.1, 0.15) is 18.0 Å². The van der Waals surface area contributed by atoms with Crippen LogP contribution in [0.3, 0.4) is 0 Å². The van der Waals surface area contributed by atoms with Crippen molar-refractivity contribution in [1.29, 1.82) is 0 Å². The first-order valence-electron chi connectivity index (χ1n) is 7.94. The lowest BCUT2D eigenvalue weighted by atomic mass is 9.81. The lowest BCUT2D eigenvalue weighted by molar-refractivity contribution is -0.0239. The summed E-state index contributed by atoms with van der Waals surface area (Å²) in [7, 11) is -3.31. The third-order valence-electron chi connectivity index (χ3n) is 4.72. The number of benzene rings is 1. The molecule has 5 nitrogen and oxygen atoms in total. The Balaban J connectivity index is 1.83. The molecule has 0 amide bonds. The summed E-state index contributed by atoms with van der Waals surface area (Å²) in [6.45, 7) is 1.67. The minimum Gasteiger partial charge on any atom is -0.487 e. The average molecular weight is 342 g/mol. The molecule has 2 heterocycles. The van der Waals surface area contributed by atoms with Crippen molar-refractivity contribution in [3.8, 4) is 5.75 Å². The molecule has 0 aromatic heterocycles. The summed E-state index contributed by atoms with van der Waals surface area (Å²) < 4.78 is 45.0. The number of nitrogens with zero attached hydrogens (tertiary/aromatic N) is 1. The molecule has 0 aliphatic carbocycles. The van der Waals surface area contributed by atoms with Gasteiger partial charge in [-0.15, -0.1) is 0 Å². The number of hydrogen-bond donors (Lipinski definition) is 1. The fourth-order valence-corrected chi connectivity index (χ4v) is 4.32. The van der Waals surface area contributed by atoms with Crippen LogP contribution < -0.4 is 9.46 Å². The molecule has 1 atom stereocenters. The van der Waals surface area contributed by atoms with Gasteiger partial charge in [-0.3, -0.25) is 0 Å². The second-order valence-corrected chi connectivity index (χ2v) is 8.28. The minimum absolute atomic E-state index is 0.275. The molecular formula is C16H23FN2O3S. The van der Waals surface area contributed by atoms with Gasteiger partial charge in [0.25, 0.3) is 0 Å². The monoisotopic (exact) mass is 342 g/mol. The van der Waals surface area contributed by atoms with Crippen molar-refractivity contribution in [2.45, 2.75) is 30.9 Å². The van der Waals surface area contributed by atoms with E-state index in [-0.39, 0.29) is 18.3 Å². The van der Waals surface area contributed by atoms with E-state index in [4.69, 9.17) is 4.74 Å². The second-order valence-electron chi connectivity index (χ2n) is 6.50. The molecular weight excluding hydrogens is 319 g/mol. The Hall–Kier alpha value is -1.18. The Morgan fingerprint density at radius 3 is 2.70 bits per heavy atom. The van der Waals surface area contributed by atoms with Crippen LogP contribution in [0.1, 0.15) is 30.9 Å². The van der Waals surface area contributed by atoms with E-state index in [9.17, 15) is 12.8 Å². The van der Waals surface area contributed by atoms with E-state index >= 15 is 0 Å². The zero-order valence-corrected chi connectivity index (χ0v) is 14.1. The number of ether oxygens (including phenoxy) is 1. The maximum absolute atomic E-state index is 12.5. The summed E-state index contributed by atoms with van der Waals surface area (Å²) in [6, 6.07) is 7.31. The molecule has 128 valence electrons. The Labute approximate surface area is 136 Å². The van der Waals surface area contributed by atoms with Gasteiger partial charge in [0.05, 0.1) is 12.3 Å². The summed E-state index contributed by atoms with van der Waals surface area (Å²) in [6.07, 6.45) is 3.36. The Kier molecular flexibility index (Phi) is 4.62. The van der Waals surface area contributed by atoms with Gasteiger partial charge in [0.2, 0.25) is 10.0 Å². The summed E-state index contributed by atoms with van der Waals surface area (Å²) in [5.74, 6) is 0.749. The van der Waals surface area contributed by atoms with Gasteiger partial charge >= 0.3 is 0 Å². The van der Waals surface area contributed by atoms with Gasteiger partial charge in [0.15, 0.2) is 0 Å². The first kappa shape index (κ1) is 16.7. The van der Waals surface area contributed by atoms with Crippen LogP contribution in [0, 0.1) is 0 Å². The van der Waals surface area contributed by atoms with Crippen molar-refractivity contribution < 1.29 is 17.5 Å². The summed E-state index contributed by atoms with van der Waals surface area (Å²) in [4.78, 5) is 2.09. The molecule has 3 rings (SSSR count). The highest BCUT2D eigenvalue weighted by atomic mass is 32.2. The lowest BCUT2D eigenvalue weighted by Gasteiger charge is -2.46. The molecule has 0 saturated carbocycles. The highest BCUT2D eigenvalue weighted by Crippen LogP contribution is 2.44. The Morgan fingerprint density at radius 2 is 2.04 bits per heavy atom. The highest BCUT2D eigenvalue weighted by Gasteiger charge is 2.43. The predicted molar refractivity (Wildman–Crippen MR) is 86.8 cm³/mol. The molecule has 1 aromatic carbocycles. The number of likely N-dealkylation sites (tertiary alicyclic amines) is 1. The van der Waals surface area contributed by atoms with Crippen LogP contribution >= 0.6 is 0 Å².